The lowest BCUT2D eigenvalue weighted by atomic mass is 9.92. The summed E-state index contributed by atoms with van der Waals surface area (Å²) in [6, 6.07) is 0.441. The third-order valence-electron chi connectivity index (χ3n) is 4.25. The quantitative estimate of drug-likeness (QED) is 0.416. The Kier molecular flexibility index (Phi) is 10.6. The first-order valence-corrected chi connectivity index (χ1v) is 8.11. The van der Waals surface area contributed by atoms with Crippen LogP contribution < -0.4 is 10.6 Å². The lowest BCUT2D eigenvalue weighted by Crippen LogP contribution is -2.47. The van der Waals surface area contributed by atoms with Crippen LogP contribution in [0.3, 0.4) is 0 Å². The van der Waals surface area contributed by atoms with E-state index in [4.69, 9.17) is 0 Å². The second-order valence-corrected chi connectivity index (χ2v) is 6.88. The fourth-order valence-electron chi connectivity index (χ4n) is 2.88. The van der Waals surface area contributed by atoms with Gasteiger partial charge in [-0.05, 0) is 31.1 Å². The fourth-order valence-corrected chi connectivity index (χ4v) is 2.88. The monoisotopic (exact) mass is 410 g/mol. The van der Waals surface area contributed by atoms with Gasteiger partial charge >= 0.3 is 0 Å². The van der Waals surface area contributed by atoms with Gasteiger partial charge in [-0.15, -0.1) is 24.0 Å². The normalized spacial score (nSPS) is 25.4. The van der Waals surface area contributed by atoms with E-state index in [-0.39, 0.29) is 24.0 Å². The molecule has 1 heterocycles. The number of hydrogen-bond acceptors (Lipinski definition) is 2. The van der Waals surface area contributed by atoms with E-state index >= 15 is 0 Å². The molecule has 21 heavy (non-hydrogen) atoms. The summed E-state index contributed by atoms with van der Waals surface area (Å²) >= 11 is 0. The fraction of sp³-hybridized carbons (Fsp3) is 0.938. The molecule has 3 unspecified atom stereocenters. The molecule has 1 aliphatic heterocycles. The molecule has 4 nitrogen and oxygen atoms in total. The number of halogens is 1. The molecule has 0 saturated carbocycles. The van der Waals surface area contributed by atoms with E-state index in [9.17, 15) is 0 Å². The Morgan fingerprint density at radius 1 is 1.19 bits per heavy atom. The molecule has 0 spiro atoms. The van der Waals surface area contributed by atoms with Crippen molar-refractivity contribution < 1.29 is 0 Å². The van der Waals surface area contributed by atoms with E-state index in [0.717, 1.165) is 30.9 Å². The number of piperidine rings is 1. The van der Waals surface area contributed by atoms with Gasteiger partial charge in [-0.3, -0.25) is 4.99 Å². The molecule has 126 valence electrons. The summed E-state index contributed by atoms with van der Waals surface area (Å²) in [6.45, 7) is 15.9. The van der Waals surface area contributed by atoms with Crippen LogP contribution in [0.25, 0.3) is 0 Å². The molecule has 1 fully saturated rings. The van der Waals surface area contributed by atoms with Crippen molar-refractivity contribution in [2.45, 2.75) is 47.1 Å². The van der Waals surface area contributed by atoms with Crippen LogP contribution in [0.15, 0.2) is 4.99 Å². The molecule has 1 saturated heterocycles. The Morgan fingerprint density at radius 2 is 1.76 bits per heavy atom. The summed E-state index contributed by atoms with van der Waals surface area (Å²) in [5, 5.41) is 6.87. The van der Waals surface area contributed by atoms with Gasteiger partial charge in [0.05, 0.1) is 0 Å². The number of rotatable bonds is 5. The van der Waals surface area contributed by atoms with Crippen molar-refractivity contribution in [3.63, 3.8) is 0 Å². The molecule has 2 N–H and O–H groups in total. The summed E-state index contributed by atoms with van der Waals surface area (Å²) in [7, 11) is 1.84. The first kappa shape index (κ1) is 21.0. The number of nitrogens with zero attached hydrogens (tertiary/aromatic N) is 2. The van der Waals surface area contributed by atoms with E-state index in [0.29, 0.717) is 12.0 Å². The summed E-state index contributed by atoms with van der Waals surface area (Å²) in [4.78, 5) is 6.87. The van der Waals surface area contributed by atoms with E-state index in [2.05, 4.69) is 55.1 Å². The second kappa shape index (κ2) is 10.6. The zero-order valence-electron chi connectivity index (χ0n) is 14.6. The van der Waals surface area contributed by atoms with Crippen molar-refractivity contribution >= 4 is 29.9 Å². The topological polar surface area (TPSA) is 39.7 Å². The molecular weight excluding hydrogens is 375 g/mol. The molecule has 0 bridgehead atoms. The molecule has 1 aliphatic rings. The maximum atomic E-state index is 4.30. The number of nitrogens with one attached hydrogen (secondary N) is 2. The molecule has 0 aromatic carbocycles. The van der Waals surface area contributed by atoms with Crippen LogP contribution in [0.2, 0.25) is 0 Å². The largest absolute Gasteiger partial charge is 0.355 e. The first-order chi connectivity index (χ1) is 9.42. The van der Waals surface area contributed by atoms with Crippen molar-refractivity contribution in [3.05, 3.63) is 0 Å². The molecule has 0 radical (unpaired) electrons. The van der Waals surface area contributed by atoms with Gasteiger partial charge < -0.3 is 15.5 Å². The highest BCUT2D eigenvalue weighted by atomic mass is 127. The standard InChI is InChI=1S/C16H34N4.HI/c1-12(2)15(5)19-16(17-6)18-7-8-20-10-13(3)9-14(4)11-20;/h12-15H,7-11H2,1-6H3,(H2,17,18,19);1H. The van der Waals surface area contributed by atoms with Crippen molar-refractivity contribution in [2.24, 2.45) is 22.7 Å². The number of likely N-dealkylation sites (tertiary alicyclic amines) is 1. The highest BCUT2D eigenvalue weighted by molar-refractivity contribution is 14.0. The molecule has 5 heteroatoms. The van der Waals surface area contributed by atoms with Crippen LogP contribution in [0.4, 0.5) is 0 Å². The van der Waals surface area contributed by atoms with Gasteiger partial charge in [0.2, 0.25) is 0 Å². The highest BCUT2D eigenvalue weighted by Gasteiger charge is 2.21. The minimum absolute atomic E-state index is 0. The van der Waals surface area contributed by atoms with Crippen LogP contribution in [-0.2, 0) is 0 Å². The molecule has 0 amide bonds. The Labute approximate surface area is 148 Å². The number of hydrogen-bond donors (Lipinski definition) is 2. The van der Waals surface area contributed by atoms with E-state index in [1.165, 1.54) is 19.5 Å². The van der Waals surface area contributed by atoms with Crippen molar-refractivity contribution in [3.8, 4) is 0 Å². The predicted octanol–water partition coefficient (Wildman–Crippen LogP) is 2.79. The zero-order chi connectivity index (χ0) is 15.1. The van der Waals surface area contributed by atoms with Crippen LogP contribution >= 0.6 is 24.0 Å². The first-order valence-electron chi connectivity index (χ1n) is 8.11. The molecule has 1 rings (SSSR count). The lowest BCUT2D eigenvalue weighted by molar-refractivity contribution is 0.143. The van der Waals surface area contributed by atoms with Gasteiger partial charge in [-0.2, -0.15) is 0 Å². The summed E-state index contributed by atoms with van der Waals surface area (Å²) in [5.41, 5.74) is 0. The van der Waals surface area contributed by atoms with E-state index in [1.807, 2.05) is 7.05 Å². The summed E-state index contributed by atoms with van der Waals surface area (Å²) in [6.07, 6.45) is 1.37. The van der Waals surface area contributed by atoms with Crippen LogP contribution in [-0.4, -0.2) is 50.1 Å². The smallest absolute Gasteiger partial charge is 0.191 e. The van der Waals surface area contributed by atoms with Crippen molar-refractivity contribution in [1.29, 1.82) is 0 Å². The lowest BCUT2D eigenvalue weighted by Gasteiger charge is -2.35. The number of aliphatic imine (C=N–C) groups is 1. The second-order valence-electron chi connectivity index (χ2n) is 6.88. The zero-order valence-corrected chi connectivity index (χ0v) is 17.0. The van der Waals surface area contributed by atoms with Gasteiger partial charge in [-0.25, -0.2) is 0 Å². The maximum absolute atomic E-state index is 4.30. The number of guanidine groups is 1. The van der Waals surface area contributed by atoms with Gasteiger partial charge in [0.15, 0.2) is 5.96 Å². The van der Waals surface area contributed by atoms with Gasteiger partial charge in [-0.1, -0.05) is 27.7 Å². The molecule has 0 aromatic heterocycles. The molecule has 0 aliphatic carbocycles. The van der Waals surface area contributed by atoms with Gasteiger partial charge in [0.1, 0.15) is 0 Å². The maximum Gasteiger partial charge on any atom is 0.191 e. The minimum atomic E-state index is 0. The van der Waals surface area contributed by atoms with Crippen LogP contribution in [0.5, 0.6) is 0 Å². The third-order valence-corrected chi connectivity index (χ3v) is 4.25. The Morgan fingerprint density at radius 3 is 2.24 bits per heavy atom. The van der Waals surface area contributed by atoms with Crippen molar-refractivity contribution in [2.75, 3.05) is 33.2 Å². The van der Waals surface area contributed by atoms with Gasteiger partial charge in [0.25, 0.3) is 0 Å². The Bertz CT molecular complexity index is 297. The predicted molar refractivity (Wildman–Crippen MR) is 104 cm³/mol. The SMILES string of the molecule is CN=C(NCCN1CC(C)CC(C)C1)NC(C)C(C)C.I. The highest BCUT2D eigenvalue weighted by Crippen LogP contribution is 2.20. The molecular formula is C16H35IN4. The Hall–Kier alpha value is -0.0400. The van der Waals surface area contributed by atoms with Crippen LogP contribution in [0.1, 0.15) is 41.0 Å². The third kappa shape index (κ3) is 8.24. The van der Waals surface area contributed by atoms with E-state index < -0.39 is 0 Å². The van der Waals surface area contributed by atoms with Crippen LogP contribution in [0, 0.1) is 17.8 Å². The summed E-state index contributed by atoms with van der Waals surface area (Å²) in [5.74, 6) is 3.19. The molecule has 3 atom stereocenters. The minimum Gasteiger partial charge on any atom is -0.355 e. The average Bonchev–Trinajstić information content (AvgIpc) is 2.36. The summed E-state index contributed by atoms with van der Waals surface area (Å²) < 4.78 is 0. The van der Waals surface area contributed by atoms with E-state index in [1.54, 1.807) is 0 Å². The average molecular weight is 410 g/mol. The molecule has 0 aromatic rings. The van der Waals surface area contributed by atoms with Crippen molar-refractivity contribution in [1.82, 2.24) is 15.5 Å². The Balaban J connectivity index is 0.00000400. The van der Waals surface area contributed by atoms with Gasteiger partial charge in [0, 0.05) is 39.3 Å².